The fourth-order valence-corrected chi connectivity index (χ4v) is 4.03. The molecule has 0 saturated heterocycles. The molecule has 2 heterocycles. The standard InChI is InChI=1S/C25H18FNO3/c1-15-7-9-17(10-8-15)22-21-23(28)19-13-18(26)11-12-20(19)30-24(21)25(29)27(22)14-16-5-3-2-4-6-16/h2-13,22H,14H2,1H3. The summed E-state index contributed by atoms with van der Waals surface area (Å²) in [5.41, 5.74) is 2.92. The first kappa shape index (κ1) is 18.3. The van der Waals surface area contributed by atoms with Crippen molar-refractivity contribution in [3.8, 4) is 0 Å². The average molecular weight is 399 g/mol. The molecular formula is C25H18FNO3. The fourth-order valence-electron chi connectivity index (χ4n) is 4.03. The summed E-state index contributed by atoms with van der Waals surface area (Å²) in [6.07, 6.45) is 0. The number of halogens is 1. The topological polar surface area (TPSA) is 50.5 Å². The number of carbonyl (C=O) groups excluding carboxylic acids is 1. The Kier molecular flexibility index (Phi) is 4.24. The van der Waals surface area contributed by atoms with E-state index in [1.54, 1.807) is 4.90 Å². The van der Waals surface area contributed by atoms with E-state index in [9.17, 15) is 14.0 Å². The second-order valence-corrected chi connectivity index (χ2v) is 7.55. The molecule has 0 radical (unpaired) electrons. The van der Waals surface area contributed by atoms with Gasteiger partial charge in [-0.05, 0) is 36.2 Å². The van der Waals surface area contributed by atoms with Gasteiger partial charge in [-0.3, -0.25) is 9.59 Å². The largest absolute Gasteiger partial charge is 0.450 e. The van der Waals surface area contributed by atoms with Crippen molar-refractivity contribution in [1.29, 1.82) is 0 Å². The molecule has 0 spiro atoms. The highest BCUT2D eigenvalue weighted by atomic mass is 19.1. The first-order valence-corrected chi connectivity index (χ1v) is 9.70. The highest BCUT2D eigenvalue weighted by molar-refractivity contribution is 5.99. The highest BCUT2D eigenvalue weighted by Gasteiger charge is 2.42. The number of nitrogens with zero attached hydrogens (tertiary/aromatic N) is 1. The second-order valence-electron chi connectivity index (χ2n) is 7.55. The van der Waals surface area contributed by atoms with Crippen LogP contribution < -0.4 is 5.43 Å². The Bertz CT molecular complexity index is 1330. The Hall–Kier alpha value is -3.73. The fraction of sp³-hybridized carbons (Fsp3) is 0.120. The number of aryl methyl sites for hydroxylation is 1. The molecule has 1 atom stereocenters. The van der Waals surface area contributed by atoms with Crippen molar-refractivity contribution in [1.82, 2.24) is 4.90 Å². The monoisotopic (exact) mass is 399 g/mol. The van der Waals surface area contributed by atoms with Gasteiger partial charge in [0.2, 0.25) is 5.76 Å². The van der Waals surface area contributed by atoms with Crippen molar-refractivity contribution >= 4 is 16.9 Å². The summed E-state index contributed by atoms with van der Waals surface area (Å²) in [7, 11) is 0. The molecule has 148 valence electrons. The van der Waals surface area contributed by atoms with Crippen LogP contribution in [0.5, 0.6) is 0 Å². The number of hydrogen-bond acceptors (Lipinski definition) is 3. The summed E-state index contributed by atoms with van der Waals surface area (Å²) in [5, 5.41) is 0.139. The van der Waals surface area contributed by atoms with Gasteiger partial charge in [0.15, 0.2) is 5.43 Å². The van der Waals surface area contributed by atoms with Gasteiger partial charge in [0.1, 0.15) is 11.4 Å². The van der Waals surface area contributed by atoms with Gasteiger partial charge < -0.3 is 9.32 Å². The summed E-state index contributed by atoms with van der Waals surface area (Å²) in [4.78, 5) is 28.3. The Labute approximate surface area is 172 Å². The summed E-state index contributed by atoms with van der Waals surface area (Å²) in [5.74, 6) is -0.838. The predicted molar refractivity (Wildman–Crippen MR) is 112 cm³/mol. The average Bonchev–Trinajstić information content (AvgIpc) is 3.02. The summed E-state index contributed by atoms with van der Waals surface area (Å²) in [6.45, 7) is 2.30. The van der Waals surface area contributed by atoms with Gasteiger partial charge in [-0.15, -0.1) is 0 Å². The van der Waals surface area contributed by atoms with Crippen molar-refractivity contribution in [3.05, 3.63) is 117 Å². The Morgan fingerprint density at radius 1 is 0.967 bits per heavy atom. The highest BCUT2D eigenvalue weighted by Crippen LogP contribution is 2.39. The molecule has 1 aliphatic rings. The van der Waals surface area contributed by atoms with Crippen LogP contribution in [-0.2, 0) is 6.54 Å². The van der Waals surface area contributed by atoms with Crippen molar-refractivity contribution in [2.24, 2.45) is 0 Å². The number of rotatable bonds is 3. The molecule has 1 aromatic heterocycles. The zero-order valence-electron chi connectivity index (χ0n) is 16.3. The maximum absolute atomic E-state index is 13.8. The third-order valence-corrected chi connectivity index (χ3v) is 5.52. The molecule has 0 fully saturated rings. The van der Waals surface area contributed by atoms with Crippen LogP contribution >= 0.6 is 0 Å². The Balaban J connectivity index is 1.74. The molecular weight excluding hydrogens is 381 g/mol. The van der Waals surface area contributed by atoms with E-state index in [0.717, 1.165) is 22.8 Å². The SMILES string of the molecule is Cc1ccc(C2c3c(oc4ccc(F)cc4c3=O)C(=O)N2Cc2ccccc2)cc1. The van der Waals surface area contributed by atoms with Crippen LogP contribution in [-0.4, -0.2) is 10.8 Å². The number of benzene rings is 3. The van der Waals surface area contributed by atoms with Crippen LogP contribution in [0.2, 0.25) is 0 Å². The van der Waals surface area contributed by atoms with E-state index in [1.165, 1.54) is 12.1 Å². The first-order chi connectivity index (χ1) is 14.5. The molecule has 0 aliphatic carbocycles. The van der Waals surface area contributed by atoms with Crippen LogP contribution in [0.3, 0.4) is 0 Å². The zero-order chi connectivity index (χ0) is 20.8. The number of carbonyl (C=O) groups is 1. The summed E-state index contributed by atoms with van der Waals surface area (Å²) < 4.78 is 19.7. The van der Waals surface area contributed by atoms with E-state index in [0.29, 0.717) is 6.54 Å². The van der Waals surface area contributed by atoms with Gasteiger partial charge >= 0.3 is 0 Å². The number of fused-ring (bicyclic) bond motifs is 2. The molecule has 0 bridgehead atoms. The Morgan fingerprint density at radius 2 is 1.70 bits per heavy atom. The molecule has 5 heteroatoms. The minimum Gasteiger partial charge on any atom is -0.450 e. The molecule has 0 N–H and O–H groups in total. The van der Waals surface area contributed by atoms with E-state index < -0.39 is 11.9 Å². The molecule has 1 amide bonds. The Morgan fingerprint density at radius 3 is 2.43 bits per heavy atom. The smallest absolute Gasteiger partial charge is 0.291 e. The van der Waals surface area contributed by atoms with E-state index in [-0.39, 0.29) is 33.6 Å². The third-order valence-electron chi connectivity index (χ3n) is 5.52. The number of hydrogen-bond donors (Lipinski definition) is 0. The van der Waals surface area contributed by atoms with E-state index in [4.69, 9.17) is 4.42 Å². The van der Waals surface area contributed by atoms with E-state index in [1.807, 2.05) is 61.5 Å². The lowest BCUT2D eigenvalue weighted by molar-refractivity contribution is 0.0714. The minimum atomic E-state index is -0.600. The maximum atomic E-state index is 13.8. The van der Waals surface area contributed by atoms with E-state index in [2.05, 4.69) is 0 Å². The van der Waals surface area contributed by atoms with Crippen LogP contribution in [0.4, 0.5) is 4.39 Å². The molecule has 5 rings (SSSR count). The van der Waals surface area contributed by atoms with Gasteiger partial charge in [-0.2, -0.15) is 0 Å². The normalized spacial score (nSPS) is 15.6. The molecule has 4 nitrogen and oxygen atoms in total. The first-order valence-electron chi connectivity index (χ1n) is 9.70. The number of amides is 1. The molecule has 30 heavy (non-hydrogen) atoms. The van der Waals surface area contributed by atoms with Gasteiger partial charge in [0, 0.05) is 6.54 Å². The van der Waals surface area contributed by atoms with Gasteiger partial charge in [0.25, 0.3) is 5.91 Å². The maximum Gasteiger partial charge on any atom is 0.291 e. The van der Waals surface area contributed by atoms with E-state index >= 15 is 0 Å². The molecule has 4 aromatic rings. The van der Waals surface area contributed by atoms with Crippen molar-refractivity contribution < 1.29 is 13.6 Å². The molecule has 1 unspecified atom stereocenters. The minimum absolute atomic E-state index is 0.0283. The summed E-state index contributed by atoms with van der Waals surface area (Å²) >= 11 is 0. The second kappa shape index (κ2) is 6.95. The predicted octanol–water partition coefficient (Wildman–Crippen LogP) is 4.99. The van der Waals surface area contributed by atoms with Crippen molar-refractivity contribution in [2.75, 3.05) is 0 Å². The lowest BCUT2D eigenvalue weighted by atomic mass is 9.97. The van der Waals surface area contributed by atoms with Gasteiger partial charge in [-0.1, -0.05) is 60.2 Å². The van der Waals surface area contributed by atoms with Crippen molar-refractivity contribution in [2.45, 2.75) is 19.5 Å². The quantitative estimate of drug-likeness (QED) is 0.488. The molecule has 0 saturated carbocycles. The molecule has 1 aliphatic heterocycles. The van der Waals surface area contributed by atoms with Crippen LogP contribution in [0, 0.1) is 12.7 Å². The lowest BCUT2D eigenvalue weighted by Gasteiger charge is -2.25. The van der Waals surface area contributed by atoms with Crippen LogP contribution in [0.25, 0.3) is 11.0 Å². The molecule has 3 aromatic carbocycles. The summed E-state index contributed by atoms with van der Waals surface area (Å²) in [6, 6.07) is 20.5. The van der Waals surface area contributed by atoms with Gasteiger partial charge in [0.05, 0.1) is 17.0 Å². The van der Waals surface area contributed by atoms with Crippen molar-refractivity contribution in [3.63, 3.8) is 0 Å². The lowest BCUT2D eigenvalue weighted by Crippen LogP contribution is -2.29. The van der Waals surface area contributed by atoms with Crippen LogP contribution in [0.1, 0.15) is 38.9 Å². The van der Waals surface area contributed by atoms with Crippen LogP contribution in [0.15, 0.2) is 82.0 Å². The zero-order valence-corrected chi connectivity index (χ0v) is 16.3. The van der Waals surface area contributed by atoms with Gasteiger partial charge in [-0.25, -0.2) is 4.39 Å². The third kappa shape index (κ3) is 2.90.